The first-order valence-electron chi connectivity index (χ1n) is 5.63. The molecule has 1 aromatic carbocycles. The second-order valence-corrected chi connectivity index (χ2v) is 4.29. The number of anilines is 2. The van der Waals surface area contributed by atoms with Crippen LogP contribution < -0.4 is 10.2 Å². The standard InChI is InChI=1S/C13H18N4/c1-16(2)12-6-4-5-11(7-12)15-9-13-8-14-10-17(13)3/h4-8,10,15H,9H2,1-3H3. The highest BCUT2D eigenvalue weighted by Gasteiger charge is 2.00. The highest BCUT2D eigenvalue weighted by Crippen LogP contribution is 2.17. The Kier molecular flexibility index (Phi) is 3.32. The fourth-order valence-corrected chi connectivity index (χ4v) is 1.64. The average Bonchev–Trinajstić information content (AvgIpc) is 2.72. The van der Waals surface area contributed by atoms with Gasteiger partial charge in [0, 0.05) is 38.7 Å². The van der Waals surface area contributed by atoms with E-state index in [1.54, 1.807) is 0 Å². The van der Waals surface area contributed by atoms with Gasteiger partial charge in [-0.1, -0.05) is 6.07 Å². The van der Waals surface area contributed by atoms with Crippen LogP contribution in [-0.4, -0.2) is 23.6 Å². The van der Waals surface area contributed by atoms with Crippen LogP contribution in [0.15, 0.2) is 36.8 Å². The van der Waals surface area contributed by atoms with Gasteiger partial charge < -0.3 is 14.8 Å². The van der Waals surface area contributed by atoms with E-state index in [2.05, 4.69) is 39.5 Å². The van der Waals surface area contributed by atoms with Gasteiger partial charge in [-0.2, -0.15) is 0 Å². The summed E-state index contributed by atoms with van der Waals surface area (Å²) in [6.07, 6.45) is 3.69. The van der Waals surface area contributed by atoms with Gasteiger partial charge in [0.1, 0.15) is 0 Å². The summed E-state index contributed by atoms with van der Waals surface area (Å²) in [5, 5.41) is 3.40. The normalized spacial score (nSPS) is 10.3. The molecule has 0 saturated carbocycles. The van der Waals surface area contributed by atoms with Crippen LogP contribution >= 0.6 is 0 Å². The molecule has 90 valence electrons. The lowest BCUT2D eigenvalue weighted by Crippen LogP contribution is -2.09. The van der Waals surface area contributed by atoms with E-state index in [-0.39, 0.29) is 0 Å². The molecule has 1 heterocycles. The van der Waals surface area contributed by atoms with Gasteiger partial charge in [0.2, 0.25) is 0 Å². The number of rotatable bonds is 4. The molecular formula is C13H18N4. The Labute approximate surface area is 102 Å². The van der Waals surface area contributed by atoms with Gasteiger partial charge in [0.05, 0.1) is 18.6 Å². The van der Waals surface area contributed by atoms with Crippen LogP contribution in [-0.2, 0) is 13.6 Å². The molecule has 0 unspecified atom stereocenters. The quantitative estimate of drug-likeness (QED) is 0.873. The number of hydrogen-bond donors (Lipinski definition) is 1. The van der Waals surface area contributed by atoms with Crippen LogP contribution in [0, 0.1) is 0 Å². The smallest absolute Gasteiger partial charge is 0.0946 e. The first-order chi connectivity index (χ1) is 8.16. The van der Waals surface area contributed by atoms with Crippen molar-refractivity contribution >= 4 is 11.4 Å². The van der Waals surface area contributed by atoms with Gasteiger partial charge in [-0.25, -0.2) is 4.98 Å². The predicted molar refractivity (Wildman–Crippen MR) is 71.3 cm³/mol. The van der Waals surface area contributed by atoms with E-state index in [0.29, 0.717) is 0 Å². The topological polar surface area (TPSA) is 33.1 Å². The van der Waals surface area contributed by atoms with Crippen LogP contribution in [0.3, 0.4) is 0 Å². The zero-order chi connectivity index (χ0) is 12.3. The lowest BCUT2D eigenvalue weighted by Gasteiger charge is -2.14. The molecule has 0 aliphatic rings. The largest absolute Gasteiger partial charge is 0.379 e. The predicted octanol–water partition coefficient (Wildman–Crippen LogP) is 2.10. The molecule has 0 saturated heterocycles. The fraction of sp³-hybridized carbons (Fsp3) is 0.308. The monoisotopic (exact) mass is 230 g/mol. The molecule has 4 nitrogen and oxygen atoms in total. The lowest BCUT2D eigenvalue weighted by atomic mass is 10.2. The van der Waals surface area contributed by atoms with E-state index in [4.69, 9.17) is 0 Å². The average molecular weight is 230 g/mol. The van der Waals surface area contributed by atoms with Crippen LogP contribution in [0.5, 0.6) is 0 Å². The molecule has 17 heavy (non-hydrogen) atoms. The molecule has 0 aliphatic carbocycles. The Balaban J connectivity index is 2.04. The molecule has 2 rings (SSSR count). The van der Waals surface area contributed by atoms with Crippen molar-refractivity contribution in [3.8, 4) is 0 Å². The Morgan fingerprint density at radius 2 is 2.18 bits per heavy atom. The summed E-state index contributed by atoms with van der Waals surface area (Å²) in [6, 6.07) is 8.36. The van der Waals surface area contributed by atoms with E-state index in [1.165, 1.54) is 11.4 Å². The summed E-state index contributed by atoms with van der Waals surface area (Å²) >= 11 is 0. The van der Waals surface area contributed by atoms with Crippen LogP contribution in [0.2, 0.25) is 0 Å². The molecule has 0 bridgehead atoms. The first kappa shape index (κ1) is 11.5. The summed E-state index contributed by atoms with van der Waals surface area (Å²) in [5.74, 6) is 0. The maximum atomic E-state index is 4.09. The van der Waals surface area contributed by atoms with Crippen molar-refractivity contribution in [2.24, 2.45) is 7.05 Å². The molecule has 1 N–H and O–H groups in total. The highest BCUT2D eigenvalue weighted by atomic mass is 15.1. The molecule has 0 spiro atoms. The minimum atomic E-state index is 0.785. The zero-order valence-electron chi connectivity index (χ0n) is 10.5. The molecule has 0 radical (unpaired) electrons. The molecule has 4 heteroatoms. The first-order valence-corrected chi connectivity index (χ1v) is 5.63. The SMILES string of the molecule is CN(C)c1cccc(NCc2cncn2C)c1. The molecule has 0 aliphatic heterocycles. The molecule has 0 fully saturated rings. The van der Waals surface area contributed by atoms with Crippen LogP contribution in [0.1, 0.15) is 5.69 Å². The van der Waals surface area contributed by atoms with Gasteiger partial charge in [-0.15, -0.1) is 0 Å². The van der Waals surface area contributed by atoms with Gasteiger partial charge in [-0.3, -0.25) is 0 Å². The van der Waals surface area contributed by atoms with Crippen molar-refractivity contribution in [2.75, 3.05) is 24.3 Å². The number of hydrogen-bond acceptors (Lipinski definition) is 3. The number of nitrogens with zero attached hydrogens (tertiary/aromatic N) is 3. The summed E-state index contributed by atoms with van der Waals surface area (Å²) in [5.41, 5.74) is 3.48. The van der Waals surface area contributed by atoms with Gasteiger partial charge in [-0.05, 0) is 18.2 Å². The van der Waals surface area contributed by atoms with Crippen LogP contribution in [0.25, 0.3) is 0 Å². The minimum absolute atomic E-state index is 0.785. The molecule has 1 aromatic heterocycles. The van der Waals surface area contributed by atoms with Crippen molar-refractivity contribution in [3.63, 3.8) is 0 Å². The van der Waals surface area contributed by atoms with Crippen molar-refractivity contribution in [2.45, 2.75) is 6.54 Å². The summed E-state index contributed by atoms with van der Waals surface area (Å²) in [6.45, 7) is 0.785. The zero-order valence-corrected chi connectivity index (χ0v) is 10.5. The summed E-state index contributed by atoms with van der Waals surface area (Å²) in [4.78, 5) is 6.19. The molecule has 2 aromatic rings. The minimum Gasteiger partial charge on any atom is -0.379 e. The van der Waals surface area contributed by atoms with E-state index < -0.39 is 0 Å². The molecular weight excluding hydrogens is 212 g/mol. The van der Waals surface area contributed by atoms with Crippen molar-refractivity contribution in [3.05, 3.63) is 42.5 Å². The Bertz CT molecular complexity index is 488. The number of aromatic nitrogens is 2. The van der Waals surface area contributed by atoms with E-state index in [1.807, 2.05) is 38.2 Å². The highest BCUT2D eigenvalue weighted by molar-refractivity contribution is 5.57. The number of aryl methyl sites for hydroxylation is 1. The van der Waals surface area contributed by atoms with E-state index in [0.717, 1.165) is 12.2 Å². The summed E-state index contributed by atoms with van der Waals surface area (Å²) < 4.78 is 2.02. The molecule has 0 amide bonds. The Morgan fingerprint density at radius 1 is 1.35 bits per heavy atom. The second-order valence-electron chi connectivity index (χ2n) is 4.29. The van der Waals surface area contributed by atoms with Gasteiger partial charge in [0.25, 0.3) is 0 Å². The number of nitrogens with one attached hydrogen (secondary N) is 1. The Morgan fingerprint density at radius 3 is 2.82 bits per heavy atom. The van der Waals surface area contributed by atoms with E-state index in [9.17, 15) is 0 Å². The lowest BCUT2D eigenvalue weighted by molar-refractivity contribution is 0.837. The maximum absolute atomic E-state index is 4.09. The third-order valence-electron chi connectivity index (χ3n) is 2.75. The third-order valence-corrected chi connectivity index (χ3v) is 2.75. The maximum Gasteiger partial charge on any atom is 0.0946 e. The third kappa shape index (κ3) is 2.78. The second kappa shape index (κ2) is 4.91. The van der Waals surface area contributed by atoms with E-state index >= 15 is 0 Å². The van der Waals surface area contributed by atoms with Crippen molar-refractivity contribution in [1.29, 1.82) is 0 Å². The van der Waals surface area contributed by atoms with Crippen molar-refractivity contribution in [1.82, 2.24) is 9.55 Å². The summed E-state index contributed by atoms with van der Waals surface area (Å²) in [7, 11) is 6.08. The van der Waals surface area contributed by atoms with Crippen LogP contribution in [0.4, 0.5) is 11.4 Å². The van der Waals surface area contributed by atoms with Crippen molar-refractivity contribution < 1.29 is 0 Å². The fourth-order valence-electron chi connectivity index (χ4n) is 1.64. The number of imidazole rings is 1. The van der Waals surface area contributed by atoms with Gasteiger partial charge in [0.15, 0.2) is 0 Å². The Hall–Kier alpha value is -1.97. The molecule has 0 atom stereocenters. The van der Waals surface area contributed by atoms with Gasteiger partial charge >= 0.3 is 0 Å². The number of benzene rings is 1.